The lowest BCUT2D eigenvalue weighted by Gasteiger charge is -2.08. The first-order valence-corrected chi connectivity index (χ1v) is 8.55. The molecule has 0 aliphatic rings. The molecule has 0 spiro atoms. The third kappa shape index (κ3) is 4.64. The first-order chi connectivity index (χ1) is 13.4. The van der Waals surface area contributed by atoms with Crippen LogP contribution in [0, 0.1) is 0 Å². The van der Waals surface area contributed by atoms with Crippen LogP contribution in [0.5, 0.6) is 0 Å². The van der Waals surface area contributed by atoms with Crippen molar-refractivity contribution >= 4 is 34.8 Å². The summed E-state index contributed by atoms with van der Waals surface area (Å²) in [6.45, 7) is 2.98. The maximum absolute atomic E-state index is 12.3. The van der Waals surface area contributed by atoms with Crippen LogP contribution in [-0.4, -0.2) is 27.4 Å². The molecule has 1 amide bonds. The van der Waals surface area contributed by atoms with Crippen LogP contribution in [0.2, 0.25) is 0 Å². The molecule has 2 N–H and O–H groups in total. The maximum atomic E-state index is 12.3. The van der Waals surface area contributed by atoms with E-state index in [2.05, 4.69) is 20.6 Å². The summed E-state index contributed by atoms with van der Waals surface area (Å²) in [5.41, 5.74) is 2.69. The number of carbonyl (C=O) groups is 3. The Morgan fingerprint density at radius 3 is 2.00 bits per heavy atom. The van der Waals surface area contributed by atoms with Gasteiger partial charge in [-0.3, -0.25) is 14.4 Å². The molecule has 0 saturated carbocycles. The molecule has 28 heavy (non-hydrogen) atoms. The van der Waals surface area contributed by atoms with Crippen molar-refractivity contribution in [2.45, 2.75) is 13.8 Å². The number of benzene rings is 2. The highest BCUT2D eigenvalue weighted by Gasteiger charge is 2.09. The third-order valence-corrected chi connectivity index (χ3v) is 3.99. The summed E-state index contributed by atoms with van der Waals surface area (Å²) in [6.07, 6.45) is 2.81. The predicted octanol–water partition coefficient (Wildman–Crippen LogP) is 3.88. The molecule has 0 aliphatic carbocycles. The summed E-state index contributed by atoms with van der Waals surface area (Å²) in [5, 5.41) is 5.72. The second-order valence-corrected chi connectivity index (χ2v) is 6.14. The normalized spacial score (nSPS) is 10.2. The van der Waals surface area contributed by atoms with Gasteiger partial charge in [-0.2, -0.15) is 0 Å². The van der Waals surface area contributed by atoms with Gasteiger partial charge in [-0.05, 0) is 50.2 Å². The van der Waals surface area contributed by atoms with Gasteiger partial charge in [0, 0.05) is 34.9 Å². The number of Topliss-reactive ketones (excluding diaryl/α,β-unsaturated/α-hetero) is 2. The predicted molar refractivity (Wildman–Crippen MR) is 106 cm³/mol. The average Bonchev–Trinajstić information content (AvgIpc) is 2.69. The maximum Gasteiger partial charge on any atom is 0.258 e. The van der Waals surface area contributed by atoms with Gasteiger partial charge in [0.25, 0.3) is 5.91 Å². The molecule has 0 radical (unpaired) electrons. The molecular weight excluding hydrogens is 356 g/mol. The van der Waals surface area contributed by atoms with Crippen molar-refractivity contribution in [3.63, 3.8) is 0 Å². The number of rotatable bonds is 6. The van der Waals surface area contributed by atoms with Crippen molar-refractivity contribution in [2.75, 3.05) is 10.6 Å². The zero-order valence-corrected chi connectivity index (χ0v) is 15.4. The van der Waals surface area contributed by atoms with Gasteiger partial charge in [0.2, 0.25) is 5.95 Å². The molecule has 0 fully saturated rings. The minimum atomic E-state index is -0.360. The molecule has 7 heteroatoms. The van der Waals surface area contributed by atoms with E-state index in [4.69, 9.17) is 0 Å². The van der Waals surface area contributed by atoms with E-state index in [0.29, 0.717) is 34.0 Å². The van der Waals surface area contributed by atoms with Gasteiger partial charge < -0.3 is 10.6 Å². The van der Waals surface area contributed by atoms with E-state index >= 15 is 0 Å². The second kappa shape index (κ2) is 8.22. The van der Waals surface area contributed by atoms with E-state index in [1.165, 1.54) is 26.2 Å². The topological polar surface area (TPSA) is 101 Å². The Morgan fingerprint density at radius 1 is 0.750 bits per heavy atom. The molecule has 3 rings (SSSR count). The van der Waals surface area contributed by atoms with Crippen LogP contribution in [0.1, 0.15) is 44.9 Å². The van der Waals surface area contributed by atoms with E-state index in [9.17, 15) is 14.4 Å². The molecule has 140 valence electrons. The molecule has 0 atom stereocenters. The second-order valence-electron chi connectivity index (χ2n) is 6.14. The Kier molecular flexibility index (Phi) is 5.55. The Morgan fingerprint density at radius 2 is 1.39 bits per heavy atom. The fourth-order valence-corrected chi connectivity index (χ4v) is 2.45. The van der Waals surface area contributed by atoms with Crippen LogP contribution in [0.15, 0.2) is 60.9 Å². The Hall–Kier alpha value is -3.87. The Labute approximate surface area is 161 Å². The SMILES string of the molecule is CC(=O)c1ccc(NC(=O)c2cnc(Nc3cccc(C(C)=O)c3)nc2)cc1. The van der Waals surface area contributed by atoms with Crippen LogP contribution in [-0.2, 0) is 0 Å². The Balaban J connectivity index is 1.66. The van der Waals surface area contributed by atoms with Crippen LogP contribution < -0.4 is 10.6 Å². The van der Waals surface area contributed by atoms with Gasteiger partial charge in [0.1, 0.15) is 0 Å². The number of carbonyl (C=O) groups excluding carboxylic acids is 3. The Bertz CT molecular complexity index is 1030. The fraction of sp³-hybridized carbons (Fsp3) is 0.0952. The number of hydrogen-bond acceptors (Lipinski definition) is 6. The summed E-state index contributed by atoms with van der Waals surface area (Å²) >= 11 is 0. The number of aromatic nitrogens is 2. The van der Waals surface area contributed by atoms with Gasteiger partial charge in [0.15, 0.2) is 11.6 Å². The van der Waals surface area contributed by atoms with Crippen LogP contribution in [0.3, 0.4) is 0 Å². The van der Waals surface area contributed by atoms with Crippen LogP contribution in [0.25, 0.3) is 0 Å². The van der Waals surface area contributed by atoms with E-state index in [1.807, 2.05) is 0 Å². The first kappa shape index (κ1) is 18.9. The van der Waals surface area contributed by atoms with Crippen LogP contribution >= 0.6 is 0 Å². The largest absolute Gasteiger partial charge is 0.324 e. The standard InChI is InChI=1S/C21H18N4O3/c1-13(26)15-6-8-18(9-7-15)24-20(28)17-11-22-21(23-12-17)25-19-5-3-4-16(10-19)14(2)27/h3-12H,1-2H3,(H,24,28)(H,22,23,25). The molecule has 3 aromatic rings. The van der Waals surface area contributed by atoms with Crippen molar-refractivity contribution in [3.05, 3.63) is 77.6 Å². The summed E-state index contributed by atoms with van der Waals surface area (Å²) in [5.74, 6) is -0.125. The molecule has 0 aliphatic heterocycles. The summed E-state index contributed by atoms with van der Waals surface area (Å²) < 4.78 is 0. The molecule has 0 bridgehead atoms. The van der Waals surface area contributed by atoms with Crippen molar-refractivity contribution in [1.82, 2.24) is 9.97 Å². The van der Waals surface area contributed by atoms with Gasteiger partial charge >= 0.3 is 0 Å². The van der Waals surface area contributed by atoms with Crippen molar-refractivity contribution in [2.24, 2.45) is 0 Å². The lowest BCUT2D eigenvalue weighted by atomic mass is 10.1. The summed E-state index contributed by atoms with van der Waals surface area (Å²) in [4.78, 5) is 43.3. The monoisotopic (exact) mass is 374 g/mol. The number of nitrogens with zero attached hydrogens (tertiary/aromatic N) is 2. The number of anilines is 3. The highest BCUT2D eigenvalue weighted by atomic mass is 16.1. The van der Waals surface area contributed by atoms with E-state index in [0.717, 1.165) is 0 Å². The van der Waals surface area contributed by atoms with Gasteiger partial charge in [-0.1, -0.05) is 12.1 Å². The van der Waals surface area contributed by atoms with Crippen LogP contribution in [0.4, 0.5) is 17.3 Å². The highest BCUT2D eigenvalue weighted by molar-refractivity contribution is 6.04. The first-order valence-electron chi connectivity index (χ1n) is 8.55. The van der Waals surface area contributed by atoms with Gasteiger partial charge in [-0.15, -0.1) is 0 Å². The molecule has 1 heterocycles. The summed E-state index contributed by atoms with van der Waals surface area (Å²) in [7, 11) is 0. The van der Waals surface area contributed by atoms with Gasteiger partial charge in [-0.25, -0.2) is 9.97 Å². The number of hydrogen-bond donors (Lipinski definition) is 2. The minimum Gasteiger partial charge on any atom is -0.324 e. The summed E-state index contributed by atoms with van der Waals surface area (Å²) in [6, 6.07) is 13.6. The van der Waals surface area contributed by atoms with E-state index in [1.54, 1.807) is 48.5 Å². The molecule has 1 aromatic heterocycles. The minimum absolute atomic E-state index is 0.0343. The zero-order chi connectivity index (χ0) is 20.1. The van der Waals surface area contributed by atoms with Crippen molar-refractivity contribution in [3.8, 4) is 0 Å². The molecule has 7 nitrogen and oxygen atoms in total. The quantitative estimate of drug-likeness (QED) is 0.635. The number of amides is 1. The van der Waals surface area contributed by atoms with Crippen molar-refractivity contribution in [1.29, 1.82) is 0 Å². The molecule has 0 unspecified atom stereocenters. The third-order valence-electron chi connectivity index (χ3n) is 3.99. The molecule has 0 saturated heterocycles. The van der Waals surface area contributed by atoms with Crippen molar-refractivity contribution < 1.29 is 14.4 Å². The highest BCUT2D eigenvalue weighted by Crippen LogP contribution is 2.16. The molecule has 2 aromatic carbocycles. The lowest BCUT2D eigenvalue weighted by Crippen LogP contribution is -2.13. The average molecular weight is 374 g/mol. The zero-order valence-electron chi connectivity index (χ0n) is 15.4. The van der Waals surface area contributed by atoms with E-state index < -0.39 is 0 Å². The fourth-order valence-electron chi connectivity index (χ4n) is 2.45. The van der Waals surface area contributed by atoms with Gasteiger partial charge in [0.05, 0.1) is 5.56 Å². The number of ketones is 2. The smallest absolute Gasteiger partial charge is 0.258 e. The molecular formula is C21H18N4O3. The van der Waals surface area contributed by atoms with E-state index in [-0.39, 0.29) is 17.5 Å². The lowest BCUT2D eigenvalue weighted by molar-refractivity contribution is 0.100. The number of nitrogens with one attached hydrogen (secondary N) is 2.